The Labute approximate surface area is 136 Å². The van der Waals surface area contributed by atoms with Crippen LogP contribution in [0, 0.1) is 0 Å². The Balaban J connectivity index is 1.78. The SMILES string of the molecule is CCS[C@H]1CC[C@@H](N(C)C(=O)CNC(=O)c2ccccc2)C1. The molecule has 0 aromatic heterocycles. The van der Waals surface area contributed by atoms with E-state index in [0.717, 1.165) is 18.6 Å². The summed E-state index contributed by atoms with van der Waals surface area (Å²) in [5.41, 5.74) is 0.582. The Bertz CT molecular complexity index is 507. The number of benzene rings is 1. The average molecular weight is 320 g/mol. The summed E-state index contributed by atoms with van der Waals surface area (Å²) in [6.45, 7) is 2.23. The first-order chi connectivity index (χ1) is 10.6. The Kier molecular flexibility index (Phi) is 6.31. The molecule has 0 bridgehead atoms. The van der Waals surface area contributed by atoms with Crippen LogP contribution in [-0.2, 0) is 4.79 Å². The normalized spacial score (nSPS) is 20.6. The number of carbonyl (C=O) groups is 2. The van der Waals surface area contributed by atoms with Crippen LogP contribution in [0.2, 0.25) is 0 Å². The Morgan fingerprint density at radius 1 is 1.27 bits per heavy atom. The molecule has 0 aliphatic heterocycles. The molecular formula is C17H24N2O2S. The minimum Gasteiger partial charge on any atom is -0.343 e. The predicted octanol–water partition coefficient (Wildman–Crippen LogP) is 2.55. The largest absolute Gasteiger partial charge is 0.343 e. The molecule has 0 heterocycles. The van der Waals surface area contributed by atoms with Crippen molar-refractivity contribution in [3.63, 3.8) is 0 Å². The standard InChI is InChI=1S/C17H24N2O2S/c1-3-22-15-10-9-14(11-15)19(2)16(20)12-18-17(21)13-7-5-4-6-8-13/h4-8,14-15H,3,9-12H2,1-2H3,(H,18,21)/t14-,15+/m1/s1. The van der Waals surface area contributed by atoms with Crippen LogP contribution in [0.15, 0.2) is 30.3 Å². The van der Waals surface area contributed by atoms with Gasteiger partial charge in [0.05, 0.1) is 6.54 Å². The number of nitrogens with one attached hydrogen (secondary N) is 1. The maximum absolute atomic E-state index is 12.2. The fourth-order valence-corrected chi connectivity index (χ4v) is 3.96. The molecule has 1 aromatic rings. The molecule has 5 heteroatoms. The summed E-state index contributed by atoms with van der Waals surface area (Å²) in [6, 6.07) is 9.28. The van der Waals surface area contributed by atoms with Gasteiger partial charge in [-0.3, -0.25) is 9.59 Å². The molecule has 4 nitrogen and oxygen atoms in total. The summed E-state index contributed by atoms with van der Waals surface area (Å²) in [5, 5.41) is 3.37. The van der Waals surface area contributed by atoms with Gasteiger partial charge in [0.2, 0.25) is 5.91 Å². The zero-order chi connectivity index (χ0) is 15.9. The van der Waals surface area contributed by atoms with Crippen LogP contribution >= 0.6 is 11.8 Å². The molecule has 120 valence electrons. The molecule has 2 atom stereocenters. The lowest BCUT2D eigenvalue weighted by molar-refractivity contribution is -0.130. The third kappa shape index (κ3) is 4.50. The number of likely N-dealkylation sites (N-methyl/N-ethyl adjacent to an activating group) is 1. The molecule has 1 fully saturated rings. The second kappa shape index (κ2) is 8.22. The van der Waals surface area contributed by atoms with E-state index in [2.05, 4.69) is 12.2 Å². The van der Waals surface area contributed by atoms with Gasteiger partial charge in [-0.1, -0.05) is 25.1 Å². The molecule has 22 heavy (non-hydrogen) atoms. The minimum absolute atomic E-state index is 0.0172. The Morgan fingerprint density at radius 2 is 2.00 bits per heavy atom. The molecular weight excluding hydrogens is 296 g/mol. The van der Waals surface area contributed by atoms with Gasteiger partial charge >= 0.3 is 0 Å². The van der Waals surface area contributed by atoms with Crippen molar-refractivity contribution in [1.82, 2.24) is 10.2 Å². The van der Waals surface area contributed by atoms with E-state index in [1.807, 2.05) is 41.9 Å². The van der Waals surface area contributed by atoms with Crippen molar-refractivity contribution >= 4 is 23.6 Å². The van der Waals surface area contributed by atoms with Crippen LogP contribution in [-0.4, -0.2) is 47.4 Å². The van der Waals surface area contributed by atoms with Gasteiger partial charge in [-0.15, -0.1) is 0 Å². The van der Waals surface area contributed by atoms with E-state index in [1.54, 1.807) is 12.1 Å². The van der Waals surface area contributed by atoms with Crippen LogP contribution in [0.1, 0.15) is 36.5 Å². The van der Waals surface area contributed by atoms with Crippen molar-refractivity contribution in [3.05, 3.63) is 35.9 Å². The molecule has 0 spiro atoms. The number of thioether (sulfide) groups is 1. The number of hydrogen-bond donors (Lipinski definition) is 1. The van der Waals surface area contributed by atoms with Gasteiger partial charge in [-0.05, 0) is 37.1 Å². The molecule has 1 saturated carbocycles. The maximum Gasteiger partial charge on any atom is 0.251 e. The zero-order valence-electron chi connectivity index (χ0n) is 13.2. The zero-order valence-corrected chi connectivity index (χ0v) is 14.1. The number of nitrogens with zero attached hydrogens (tertiary/aromatic N) is 1. The van der Waals surface area contributed by atoms with Gasteiger partial charge in [0.25, 0.3) is 5.91 Å². The highest BCUT2D eigenvalue weighted by atomic mass is 32.2. The highest BCUT2D eigenvalue weighted by Crippen LogP contribution is 2.32. The summed E-state index contributed by atoms with van der Waals surface area (Å²) in [6.07, 6.45) is 3.30. The van der Waals surface area contributed by atoms with Crippen LogP contribution in [0.5, 0.6) is 0 Å². The van der Waals surface area contributed by atoms with E-state index in [0.29, 0.717) is 16.9 Å². The van der Waals surface area contributed by atoms with E-state index in [9.17, 15) is 9.59 Å². The lowest BCUT2D eigenvalue weighted by atomic mass is 10.2. The molecule has 1 N–H and O–H groups in total. The first-order valence-corrected chi connectivity index (χ1v) is 8.87. The number of amides is 2. The maximum atomic E-state index is 12.2. The summed E-state index contributed by atoms with van der Waals surface area (Å²) in [5.74, 6) is 0.909. The van der Waals surface area contributed by atoms with Crippen molar-refractivity contribution in [2.24, 2.45) is 0 Å². The smallest absolute Gasteiger partial charge is 0.251 e. The van der Waals surface area contributed by atoms with Crippen LogP contribution in [0.25, 0.3) is 0 Å². The number of carbonyl (C=O) groups excluding carboxylic acids is 2. The van der Waals surface area contributed by atoms with E-state index in [-0.39, 0.29) is 18.4 Å². The monoisotopic (exact) mass is 320 g/mol. The molecule has 2 amide bonds. The first kappa shape index (κ1) is 16.9. The van der Waals surface area contributed by atoms with Crippen LogP contribution in [0.4, 0.5) is 0 Å². The lowest BCUT2D eigenvalue weighted by Gasteiger charge is -2.25. The van der Waals surface area contributed by atoms with Crippen molar-refractivity contribution in [3.8, 4) is 0 Å². The van der Waals surface area contributed by atoms with Crippen molar-refractivity contribution in [1.29, 1.82) is 0 Å². The predicted molar refractivity (Wildman–Crippen MR) is 91.1 cm³/mol. The van der Waals surface area contributed by atoms with E-state index in [1.165, 1.54) is 6.42 Å². The van der Waals surface area contributed by atoms with Crippen molar-refractivity contribution in [2.45, 2.75) is 37.5 Å². The van der Waals surface area contributed by atoms with Crippen molar-refractivity contribution < 1.29 is 9.59 Å². The Morgan fingerprint density at radius 3 is 2.68 bits per heavy atom. The fraction of sp³-hybridized carbons (Fsp3) is 0.529. The van der Waals surface area contributed by atoms with E-state index < -0.39 is 0 Å². The first-order valence-electron chi connectivity index (χ1n) is 7.82. The molecule has 0 saturated heterocycles. The highest BCUT2D eigenvalue weighted by molar-refractivity contribution is 7.99. The average Bonchev–Trinajstić information content (AvgIpc) is 3.01. The van der Waals surface area contributed by atoms with Gasteiger partial charge < -0.3 is 10.2 Å². The molecule has 1 aliphatic rings. The minimum atomic E-state index is -0.201. The van der Waals surface area contributed by atoms with Gasteiger partial charge in [-0.2, -0.15) is 11.8 Å². The summed E-state index contributed by atoms with van der Waals surface area (Å²) >= 11 is 1.98. The number of hydrogen-bond acceptors (Lipinski definition) is 3. The third-order valence-corrected chi connectivity index (χ3v) is 5.37. The summed E-state index contributed by atoms with van der Waals surface area (Å²) in [7, 11) is 1.85. The number of rotatable bonds is 6. The second-order valence-electron chi connectivity index (χ2n) is 5.60. The third-order valence-electron chi connectivity index (χ3n) is 4.14. The molecule has 0 unspecified atom stereocenters. The fourth-order valence-electron chi connectivity index (χ4n) is 2.83. The molecule has 2 rings (SSSR count). The van der Waals surface area contributed by atoms with E-state index in [4.69, 9.17) is 0 Å². The van der Waals surface area contributed by atoms with Gasteiger partial charge in [0, 0.05) is 23.9 Å². The van der Waals surface area contributed by atoms with Crippen LogP contribution < -0.4 is 5.32 Å². The van der Waals surface area contributed by atoms with Gasteiger partial charge in [0.15, 0.2) is 0 Å². The van der Waals surface area contributed by atoms with Crippen molar-refractivity contribution in [2.75, 3.05) is 19.3 Å². The van der Waals surface area contributed by atoms with Gasteiger partial charge in [0.1, 0.15) is 0 Å². The quantitative estimate of drug-likeness (QED) is 0.876. The highest BCUT2D eigenvalue weighted by Gasteiger charge is 2.29. The topological polar surface area (TPSA) is 49.4 Å². The van der Waals surface area contributed by atoms with Crippen LogP contribution in [0.3, 0.4) is 0 Å². The molecule has 1 aliphatic carbocycles. The lowest BCUT2D eigenvalue weighted by Crippen LogP contribution is -2.42. The molecule has 0 radical (unpaired) electrons. The summed E-state index contributed by atoms with van der Waals surface area (Å²) in [4.78, 5) is 26.0. The van der Waals surface area contributed by atoms with E-state index >= 15 is 0 Å². The Hall–Kier alpha value is -1.49. The second-order valence-corrected chi connectivity index (χ2v) is 7.17. The summed E-state index contributed by atoms with van der Waals surface area (Å²) < 4.78 is 0. The molecule has 1 aromatic carbocycles. The van der Waals surface area contributed by atoms with Gasteiger partial charge in [-0.25, -0.2) is 0 Å².